The molecular formula is C17H20O4. The summed E-state index contributed by atoms with van der Waals surface area (Å²) in [5, 5.41) is 0. The van der Waals surface area contributed by atoms with Crippen LogP contribution in [0.4, 0.5) is 0 Å². The van der Waals surface area contributed by atoms with Gasteiger partial charge in [-0.05, 0) is 43.9 Å². The average Bonchev–Trinajstić information content (AvgIpc) is 2.73. The number of benzene rings is 1. The van der Waals surface area contributed by atoms with Crippen LogP contribution >= 0.6 is 0 Å². The molecule has 21 heavy (non-hydrogen) atoms. The van der Waals surface area contributed by atoms with Crippen LogP contribution in [0.1, 0.15) is 42.5 Å². The van der Waals surface area contributed by atoms with Crippen molar-refractivity contribution >= 4 is 5.78 Å². The molecule has 2 saturated heterocycles. The first kappa shape index (κ1) is 13.1. The summed E-state index contributed by atoms with van der Waals surface area (Å²) in [6.07, 6.45) is 5.40. The number of ketones is 1. The summed E-state index contributed by atoms with van der Waals surface area (Å²) in [6.45, 7) is 1.32. The minimum Gasteiger partial charge on any atom is -0.490 e. The molecular weight excluding hydrogens is 268 g/mol. The van der Waals surface area contributed by atoms with E-state index >= 15 is 0 Å². The lowest BCUT2D eigenvalue weighted by Gasteiger charge is -2.27. The van der Waals surface area contributed by atoms with Gasteiger partial charge in [0.15, 0.2) is 17.3 Å². The first-order valence-corrected chi connectivity index (χ1v) is 7.89. The summed E-state index contributed by atoms with van der Waals surface area (Å²) in [4.78, 5) is 12.7. The lowest BCUT2D eigenvalue weighted by atomic mass is 9.88. The Morgan fingerprint density at radius 3 is 2.48 bits per heavy atom. The zero-order valence-corrected chi connectivity index (χ0v) is 12.0. The quantitative estimate of drug-likeness (QED) is 0.785. The number of rotatable bonds is 2. The third-order valence-electron chi connectivity index (χ3n) is 4.69. The molecule has 0 aliphatic carbocycles. The fourth-order valence-electron chi connectivity index (χ4n) is 3.62. The second-order valence-electron chi connectivity index (χ2n) is 6.20. The fourth-order valence-corrected chi connectivity index (χ4v) is 3.62. The van der Waals surface area contributed by atoms with Gasteiger partial charge in [0.25, 0.3) is 0 Å². The van der Waals surface area contributed by atoms with Crippen molar-refractivity contribution in [3.63, 3.8) is 0 Å². The highest BCUT2D eigenvalue weighted by Gasteiger charge is 2.38. The van der Waals surface area contributed by atoms with Crippen LogP contribution < -0.4 is 9.47 Å². The molecule has 2 bridgehead atoms. The van der Waals surface area contributed by atoms with Gasteiger partial charge in [-0.15, -0.1) is 0 Å². The van der Waals surface area contributed by atoms with E-state index in [2.05, 4.69) is 0 Å². The monoisotopic (exact) mass is 288 g/mol. The van der Waals surface area contributed by atoms with Gasteiger partial charge in [-0.2, -0.15) is 0 Å². The molecule has 3 aliphatic rings. The Kier molecular flexibility index (Phi) is 3.34. The van der Waals surface area contributed by atoms with Crippen LogP contribution in [0.3, 0.4) is 0 Å². The lowest BCUT2D eigenvalue weighted by Crippen LogP contribution is -2.30. The second kappa shape index (κ2) is 5.34. The number of fused-ring (bicyclic) bond motifs is 3. The SMILES string of the molecule is O=C(c1ccc2c(c1)OCCCO2)C1CC2CCC(C1)O2. The zero-order chi connectivity index (χ0) is 14.2. The van der Waals surface area contributed by atoms with Crippen LogP contribution in [0.25, 0.3) is 0 Å². The van der Waals surface area contributed by atoms with Crippen molar-refractivity contribution in [2.45, 2.75) is 44.3 Å². The molecule has 0 saturated carbocycles. The molecule has 4 nitrogen and oxygen atoms in total. The van der Waals surface area contributed by atoms with Crippen molar-refractivity contribution < 1.29 is 19.0 Å². The van der Waals surface area contributed by atoms with Crippen LogP contribution in [0.5, 0.6) is 11.5 Å². The number of carbonyl (C=O) groups excluding carboxylic acids is 1. The van der Waals surface area contributed by atoms with Crippen LogP contribution in [0.15, 0.2) is 18.2 Å². The maximum Gasteiger partial charge on any atom is 0.166 e. The van der Waals surface area contributed by atoms with E-state index < -0.39 is 0 Å². The van der Waals surface area contributed by atoms with Gasteiger partial charge in [0.2, 0.25) is 0 Å². The first-order chi connectivity index (χ1) is 10.3. The van der Waals surface area contributed by atoms with E-state index in [1.807, 2.05) is 18.2 Å². The number of ether oxygens (including phenoxy) is 3. The molecule has 0 radical (unpaired) electrons. The maximum absolute atomic E-state index is 12.7. The summed E-state index contributed by atoms with van der Waals surface area (Å²) in [5.41, 5.74) is 0.741. The molecule has 1 aromatic rings. The molecule has 4 heteroatoms. The Labute approximate surface area is 124 Å². The smallest absolute Gasteiger partial charge is 0.166 e. The van der Waals surface area contributed by atoms with Crippen molar-refractivity contribution in [1.29, 1.82) is 0 Å². The van der Waals surface area contributed by atoms with E-state index in [-0.39, 0.29) is 23.9 Å². The summed E-state index contributed by atoms with van der Waals surface area (Å²) < 4.78 is 17.1. The highest BCUT2D eigenvalue weighted by molar-refractivity contribution is 5.98. The van der Waals surface area contributed by atoms with Crippen LogP contribution in [0, 0.1) is 5.92 Å². The highest BCUT2D eigenvalue weighted by Crippen LogP contribution is 2.38. The molecule has 0 aromatic heterocycles. The number of hydrogen-bond acceptors (Lipinski definition) is 4. The first-order valence-electron chi connectivity index (χ1n) is 7.89. The van der Waals surface area contributed by atoms with Gasteiger partial charge in [-0.1, -0.05) is 0 Å². The van der Waals surface area contributed by atoms with Crippen LogP contribution in [-0.2, 0) is 4.74 Å². The summed E-state index contributed by atoms with van der Waals surface area (Å²) in [7, 11) is 0. The van der Waals surface area contributed by atoms with E-state index in [0.717, 1.165) is 43.4 Å². The third-order valence-corrected chi connectivity index (χ3v) is 4.69. The van der Waals surface area contributed by atoms with Crippen molar-refractivity contribution in [2.24, 2.45) is 5.92 Å². The van der Waals surface area contributed by atoms with Gasteiger partial charge in [0.05, 0.1) is 25.4 Å². The second-order valence-corrected chi connectivity index (χ2v) is 6.20. The molecule has 0 spiro atoms. The topological polar surface area (TPSA) is 44.8 Å². The highest BCUT2D eigenvalue weighted by atomic mass is 16.5. The number of carbonyl (C=O) groups is 1. The molecule has 1 aromatic carbocycles. The third kappa shape index (κ3) is 2.53. The molecule has 0 N–H and O–H groups in total. The Bertz CT molecular complexity index is 542. The Balaban J connectivity index is 1.55. The Hall–Kier alpha value is -1.55. The Morgan fingerprint density at radius 1 is 1.00 bits per heavy atom. The average molecular weight is 288 g/mol. The Morgan fingerprint density at radius 2 is 1.71 bits per heavy atom. The van der Waals surface area contributed by atoms with E-state index in [0.29, 0.717) is 19.0 Å². The molecule has 3 aliphatic heterocycles. The molecule has 3 heterocycles. The standard InChI is InChI=1S/C17H20O4/c18-17(12-8-13-3-4-14(9-12)21-13)11-2-5-15-16(10-11)20-7-1-6-19-15/h2,5,10,12-14H,1,3-4,6-9H2. The van der Waals surface area contributed by atoms with Gasteiger partial charge >= 0.3 is 0 Å². The molecule has 4 rings (SSSR count). The minimum absolute atomic E-state index is 0.0981. The maximum atomic E-state index is 12.7. The molecule has 0 amide bonds. The van der Waals surface area contributed by atoms with Gasteiger partial charge < -0.3 is 14.2 Å². The van der Waals surface area contributed by atoms with E-state index in [9.17, 15) is 4.79 Å². The van der Waals surface area contributed by atoms with Crippen LogP contribution in [0.2, 0.25) is 0 Å². The van der Waals surface area contributed by atoms with Crippen LogP contribution in [-0.4, -0.2) is 31.2 Å². The predicted octanol–water partition coefficient (Wildman–Crippen LogP) is 2.99. The largest absolute Gasteiger partial charge is 0.490 e. The van der Waals surface area contributed by atoms with E-state index in [4.69, 9.17) is 14.2 Å². The fraction of sp³-hybridized carbons (Fsp3) is 0.588. The van der Waals surface area contributed by atoms with Gasteiger partial charge in [-0.3, -0.25) is 4.79 Å². The summed E-state index contributed by atoms with van der Waals surface area (Å²) >= 11 is 0. The zero-order valence-electron chi connectivity index (χ0n) is 12.0. The predicted molar refractivity (Wildman–Crippen MR) is 77.0 cm³/mol. The lowest BCUT2D eigenvalue weighted by molar-refractivity contribution is -0.0149. The van der Waals surface area contributed by atoms with Gasteiger partial charge in [0.1, 0.15) is 0 Å². The molecule has 112 valence electrons. The van der Waals surface area contributed by atoms with Gasteiger partial charge in [-0.25, -0.2) is 0 Å². The van der Waals surface area contributed by atoms with Crippen molar-refractivity contribution in [2.75, 3.05) is 13.2 Å². The van der Waals surface area contributed by atoms with E-state index in [1.165, 1.54) is 0 Å². The molecule has 2 unspecified atom stereocenters. The normalized spacial score (nSPS) is 30.8. The van der Waals surface area contributed by atoms with E-state index in [1.54, 1.807) is 0 Å². The van der Waals surface area contributed by atoms with Crippen molar-refractivity contribution in [3.05, 3.63) is 23.8 Å². The summed E-state index contributed by atoms with van der Waals surface area (Å²) in [6, 6.07) is 5.58. The summed E-state index contributed by atoms with van der Waals surface area (Å²) in [5.74, 6) is 1.77. The number of Topliss-reactive ketones (excluding diaryl/α,β-unsaturated/α-hetero) is 1. The number of hydrogen-bond donors (Lipinski definition) is 0. The molecule has 2 atom stereocenters. The van der Waals surface area contributed by atoms with Gasteiger partial charge in [0, 0.05) is 17.9 Å². The van der Waals surface area contributed by atoms with Crippen molar-refractivity contribution in [3.8, 4) is 11.5 Å². The minimum atomic E-state index is 0.0981. The molecule has 2 fully saturated rings. The van der Waals surface area contributed by atoms with Crippen molar-refractivity contribution in [1.82, 2.24) is 0 Å².